The monoisotopic (exact) mass is 235 g/mol. The molecule has 0 aromatic carbocycles. The minimum Gasteiger partial charge on any atom is -0.328 e. The van der Waals surface area contributed by atoms with E-state index < -0.39 is 0 Å². The van der Waals surface area contributed by atoms with Crippen LogP contribution in [0.3, 0.4) is 0 Å². The molecule has 2 aromatic heterocycles. The van der Waals surface area contributed by atoms with Gasteiger partial charge >= 0.3 is 0 Å². The Morgan fingerprint density at radius 2 is 2.38 bits per heavy atom. The molecule has 3 rings (SSSR count). The molecule has 16 heavy (non-hydrogen) atoms. The summed E-state index contributed by atoms with van der Waals surface area (Å²) in [6.07, 6.45) is 1.69. The number of aromatic nitrogens is 4. The molecule has 7 heteroatoms. The van der Waals surface area contributed by atoms with Gasteiger partial charge < -0.3 is 9.47 Å². The van der Waals surface area contributed by atoms with Crippen LogP contribution in [0.25, 0.3) is 0 Å². The van der Waals surface area contributed by atoms with E-state index in [-0.39, 0.29) is 5.91 Å². The Labute approximate surface area is 95.6 Å². The molecule has 1 amide bonds. The highest BCUT2D eigenvalue weighted by Crippen LogP contribution is 2.13. The molecule has 0 spiro atoms. The molecule has 82 valence electrons. The first-order chi connectivity index (χ1) is 7.84. The van der Waals surface area contributed by atoms with Crippen molar-refractivity contribution in [2.75, 3.05) is 6.54 Å². The summed E-state index contributed by atoms with van der Waals surface area (Å²) in [5, 5.41) is 9.56. The first-order valence-corrected chi connectivity index (χ1v) is 5.83. The van der Waals surface area contributed by atoms with E-state index in [4.69, 9.17) is 0 Å². The van der Waals surface area contributed by atoms with E-state index in [0.717, 1.165) is 12.4 Å². The lowest BCUT2D eigenvalue weighted by Crippen LogP contribution is -2.38. The summed E-state index contributed by atoms with van der Waals surface area (Å²) in [4.78, 5) is 17.8. The Bertz CT molecular complexity index is 506. The number of thiazole rings is 1. The highest BCUT2D eigenvalue weighted by Gasteiger charge is 2.23. The number of nitrogens with zero attached hydrogens (tertiary/aromatic N) is 5. The van der Waals surface area contributed by atoms with Crippen LogP contribution in [-0.2, 0) is 13.1 Å². The van der Waals surface area contributed by atoms with Crippen molar-refractivity contribution < 1.29 is 4.79 Å². The van der Waals surface area contributed by atoms with Gasteiger partial charge in [0.2, 0.25) is 0 Å². The minimum atomic E-state index is -0.0319. The largest absolute Gasteiger partial charge is 0.328 e. The summed E-state index contributed by atoms with van der Waals surface area (Å²) in [7, 11) is 0. The van der Waals surface area contributed by atoms with Gasteiger partial charge in [0.05, 0.1) is 12.1 Å². The molecule has 0 N–H and O–H groups in total. The molecule has 0 aliphatic carbocycles. The molecule has 0 atom stereocenters. The van der Waals surface area contributed by atoms with Crippen LogP contribution in [0.4, 0.5) is 0 Å². The number of hydrogen-bond donors (Lipinski definition) is 0. The van der Waals surface area contributed by atoms with E-state index in [1.807, 2.05) is 4.57 Å². The van der Waals surface area contributed by atoms with Gasteiger partial charge in [0.25, 0.3) is 5.91 Å². The lowest BCUT2D eigenvalue weighted by atomic mass is 10.3. The zero-order chi connectivity index (χ0) is 11.0. The molecule has 0 fully saturated rings. The number of carbonyl (C=O) groups is 1. The summed E-state index contributed by atoms with van der Waals surface area (Å²) >= 11 is 1.43. The molecule has 0 saturated carbocycles. The van der Waals surface area contributed by atoms with Crippen molar-refractivity contribution in [1.29, 1.82) is 0 Å². The van der Waals surface area contributed by atoms with Gasteiger partial charge in [-0.1, -0.05) is 0 Å². The molecule has 2 aromatic rings. The molecule has 3 heterocycles. The number of amides is 1. The predicted molar refractivity (Wildman–Crippen MR) is 56.9 cm³/mol. The van der Waals surface area contributed by atoms with Crippen LogP contribution >= 0.6 is 11.3 Å². The van der Waals surface area contributed by atoms with Gasteiger partial charge in [0.1, 0.15) is 12.0 Å². The Kier molecular flexibility index (Phi) is 2.17. The summed E-state index contributed by atoms with van der Waals surface area (Å²) < 4.78 is 1.96. The molecular weight excluding hydrogens is 226 g/mol. The average molecular weight is 235 g/mol. The first-order valence-electron chi connectivity index (χ1n) is 4.89. The van der Waals surface area contributed by atoms with E-state index in [9.17, 15) is 4.79 Å². The van der Waals surface area contributed by atoms with Crippen molar-refractivity contribution in [3.63, 3.8) is 0 Å². The molecule has 0 radical (unpaired) electrons. The summed E-state index contributed by atoms with van der Waals surface area (Å²) in [5.41, 5.74) is 2.18. The van der Waals surface area contributed by atoms with Crippen LogP contribution in [0.5, 0.6) is 0 Å². The smallest absolute Gasteiger partial charge is 0.273 e. The van der Waals surface area contributed by atoms with E-state index in [0.29, 0.717) is 18.8 Å². The maximum absolute atomic E-state index is 12.0. The van der Waals surface area contributed by atoms with E-state index in [1.165, 1.54) is 11.3 Å². The molecule has 0 unspecified atom stereocenters. The summed E-state index contributed by atoms with van der Waals surface area (Å²) in [6, 6.07) is 0. The third kappa shape index (κ3) is 1.49. The normalized spacial score (nSPS) is 14.9. The van der Waals surface area contributed by atoms with Gasteiger partial charge in [0.15, 0.2) is 5.82 Å². The topological polar surface area (TPSA) is 63.9 Å². The van der Waals surface area contributed by atoms with Crippen LogP contribution in [0.2, 0.25) is 0 Å². The molecule has 0 bridgehead atoms. The van der Waals surface area contributed by atoms with Crippen LogP contribution < -0.4 is 0 Å². The molecule has 1 aliphatic rings. The number of fused-ring (bicyclic) bond motifs is 1. The third-order valence-electron chi connectivity index (χ3n) is 2.58. The standard InChI is InChI=1S/C9H9N5OS/c15-9(7-4-16-6-10-7)13-1-2-14-5-11-12-8(14)3-13/h4-6H,1-3H2. The highest BCUT2D eigenvalue weighted by atomic mass is 32.1. The third-order valence-corrected chi connectivity index (χ3v) is 3.16. The Morgan fingerprint density at radius 1 is 1.44 bits per heavy atom. The predicted octanol–water partition coefficient (Wildman–Crippen LogP) is 0.391. The highest BCUT2D eigenvalue weighted by molar-refractivity contribution is 7.07. The fraction of sp³-hybridized carbons (Fsp3) is 0.333. The molecular formula is C9H9N5OS. The van der Waals surface area contributed by atoms with Crippen LogP contribution in [-0.4, -0.2) is 37.1 Å². The minimum absolute atomic E-state index is 0.0319. The van der Waals surface area contributed by atoms with Gasteiger partial charge in [-0.05, 0) is 0 Å². The fourth-order valence-electron chi connectivity index (χ4n) is 1.72. The Morgan fingerprint density at radius 3 is 3.19 bits per heavy atom. The number of rotatable bonds is 1. The second-order valence-electron chi connectivity index (χ2n) is 3.54. The number of carbonyl (C=O) groups excluding carboxylic acids is 1. The van der Waals surface area contributed by atoms with Crippen molar-refractivity contribution in [1.82, 2.24) is 24.6 Å². The maximum Gasteiger partial charge on any atom is 0.273 e. The molecule has 0 saturated heterocycles. The van der Waals surface area contributed by atoms with Gasteiger partial charge in [-0.15, -0.1) is 21.5 Å². The van der Waals surface area contributed by atoms with Gasteiger partial charge in [-0.25, -0.2) is 4.98 Å². The van der Waals surface area contributed by atoms with Crippen LogP contribution in [0.1, 0.15) is 16.3 Å². The number of hydrogen-bond acceptors (Lipinski definition) is 5. The Balaban J connectivity index is 1.81. The summed E-state index contributed by atoms with van der Waals surface area (Å²) in [6.45, 7) is 1.94. The SMILES string of the molecule is O=C(c1cscn1)N1CCn2cnnc2C1. The second-order valence-corrected chi connectivity index (χ2v) is 4.26. The quantitative estimate of drug-likeness (QED) is 0.717. The van der Waals surface area contributed by atoms with Gasteiger partial charge in [-0.2, -0.15) is 0 Å². The van der Waals surface area contributed by atoms with Gasteiger partial charge in [-0.3, -0.25) is 4.79 Å². The maximum atomic E-state index is 12.0. The fourth-order valence-corrected chi connectivity index (χ4v) is 2.25. The first kappa shape index (κ1) is 9.46. The second kappa shape index (κ2) is 3.67. The van der Waals surface area contributed by atoms with E-state index in [2.05, 4.69) is 15.2 Å². The average Bonchev–Trinajstić information content (AvgIpc) is 2.98. The van der Waals surface area contributed by atoms with Crippen molar-refractivity contribution in [3.05, 3.63) is 28.7 Å². The van der Waals surface area contributed by atoms with Crippen molar-refractivity contribution in [2.45, 2.75) is 13.1 Å². The van der Waals surface area contributed by atoms with Crippen LogP contribution in [0.15, 0.2) is 17.2 Å². The molecule has 1 aliphatic heterocycles. The molecule has 6 nitrogen and oxygen atoms in total. The Hall–Kier alpha value is -1.76. The lowest BCUT2D eigenvalue weighted by molar-refractivity contribution is 0.0702. The van der Waals surface area contributed by atoms with E-state index >= 15 is 0 Å². The zero-order valence-electron chi connectivity index (χ0n) is 8.41. The lowest BCUT2D eigenvalue weighted by Gasteiger charge is -2.26. The van der Waals surface area contributed by atoms with Crippen LogP contribution in [0, 0.1) is 0 Å². The van der Waals surface area contributed by atoms with Gasteiger partial charge in [0, 0.05) is 18.5 Å². The van der Waals surface area contributed by atoms with E-state index in [1.54, 1.807) is 22.1 Å². The van der Waals surface area contributed by atoms with Crippen molar-refractivity contribution in [2.24, 2.45) is 0 Å². The summed E-state index contributed by atoms with van der Waals surface area (Å²) in [5.74, 6) is 0.797. The van der Waals surface area contributed by atoms with Crippen molar-refractivity contribution >= 4 is 17.2 Å². The zero-order valence-corrected chi connectivity index (χ0v) is 9.22. The van der Waals surface area contributed by atoms with Crippen molar-refractivity contribution in [3.8, 4) is 0 Å².